The molecule has 0 atom stereocenters. The van der Waals surface area contributed by atoms with Crippen molar-refractivity contribution in [1.82, 2.24) is 0 Å². The second kappa shape index (κ2) is 10.00. The summed E-state index contributed by atoms with van der Waals surface area (Å²) in [7, 11) is 0. The van der Waals surface area contributed by atoms with E-state index in [1.807, 2.05) is 11.3 Å². The van der Waals surface area contributed by atoms with Crippen LogP contribution in [0.5, 0.6) is 0 Å². The number of hydrogen-bond donors (Lipinski definition) is 0. The molecule has 47 heavy (non-hydrogen) atoms. The van der Waals surface area contributed by atoms with E-state index in [0.717, 1.165) is 0 Å². The maximum atomic E-state index is 2.41. The molecule has 0 fully saturated rings. The van der Waals surface area contributed by atoms with Crippen molar-refractivity contribution < 1.29 is 0 Å². The minimum absolute atomic E-state index is 1.26. The molecule has 0 amide bonds. The Morgan fingerprint density at radius 2 is 0.830 bits per heavy atom. The van der Waals surface area contributed by atoms with Crippen LogP contribution in [0, 0.1) is 13.8 Å². The van der Waals surface area contributed by atoms with Crippen LogP contribution in [0.25, 0.3) is 97.4 Å². The van der Waals surface area contributed by atoms with Crippen LogP contribution < -0.4 is 0 Å². The van der Waals surface area contributed by atoms with E-state index in [1.165, 1.54) is 108 Å². The lowest BCUT2D eigenvalue weighted by atomic mass is 9.82. The molecule has 1 aliphatic carbocycles. The normalized spacial score (nSPS) is 12.0. The highest BCUT2D eigenvalue weighted by molar-refractivity contribution is 7.26. The minimum atomic E-state index is 1.26. The third kappa shape index (κ3) is 3.81. The number of benzene rings is 8. The molecule has 1 heterocycles. The number of rotatable bonds is 3. The molecule has 1 heteroatoms. The van der Waals surface area contributed by atoms with Crippen molar-refractivity contribution in [2.45, 2.75) is 13.8 Å². The molecule has 220 valence electrons. The van der Waals surface area contributed by atoms with Gasteiger partial charge in [0.05, 0.1) is 0 Å². The van der Waals surface area contributed by atoms with Crippen molar-refractivity contribution in [3.8, 4) is 55.6 Å². The Morgan fingerprint density at radius 3 is 1.47 bits per heavy atom. The molecule has 0 saturated heterocycles. The Bertz CT molecular complexity index is 2620. The molecule has 0 aliphatic heterocycles. The molecular weight excluding hydrogens is 585 g/mol. The van der Waals surface area contributed by atoms with E-state index in [0.29, 0.717) is 0 Å². The second-order valence-electron chi connectivity index (χ2n) is 12.9. The molecule has 9 aromatic rings. The van der Waals surface area contributed by atoms with Crippen LogP contribution in [-0.2, 0) is 0 Å². The summed E-state index contributed by atoms with van der Waals surface area (Å²) in [5.41, 5.74) is 15.7. The maximum Gasteiger partial charge on any atom is 0.0434 e. The van der Waals surface area contributed by atoms with Gasteiger partial charge in [0.2, 0.25) is 0 Å². The van der Waals surface area contributed by atoms with Gasteiger partial charge in [-0.3, -0.25) is 0 Å². The van der Waals surface area contributed by atoms with Gasteiger partial charge in [0.15, 0.2) is 0 Å². The molecule has 0 N–H and O–H groups in total. The van der Waals surface area contributed by atoms with Crippen molar-refractivity contribution in [1.29, 1.82) is 0 Å². The molecule has 0 radical (unpaired) electrons. The molecule has 1 aliphatic rings. The van der Waals surface area contributed by atoms with Crippen LogP contribution in [0.15, 0.2) is 146 Å². The summed E-state index contributed by atoms with van der Waals surface area (Å²) in [6.07, 6.45) is 0. The molecule has 0 unspecified atom stereocenters. The van der Waals surface area contributed by atoms with Gasteiger partial charge in [-0.15, -0.1) is 11.3 Å². The molecule has 0 nitrogen and oxygen atoms in total. The molecule has 8 aromatic carbocycles. The number of fused-ring (bicyclic) bond motifs is 7. The predicted molar refractivity (Wildman–Crippen MR) is 205 cm³/mol. The Labute approximate surface area is 278 Å². The lowest BCUT2D eigenvalue weighted by Gasteiger charge is -2.20. The quantitative estimate of drug-likeness (QED) is 0.186. The maximum absolute atomic E-state index is 2.41. The smallest absolute Gasteiger partial charge is 0.0434 e. The monoisotopic (exact) mass is 614 g/mol. The minimum Gasteiger partial charge on any atom is -0.135 e. The van der Waals surface area contributed by atoms with Gasteiger partial charge in [0.25, 0.3) is 0 Å². The van der Waals surface area contributed by atoms with Crippen molar-refractivity contribution in [2.75, 3.05) is 0 Å². The summed E-state index contributed by atoms with van der Waals surface area (Å²) in [5.74, 6) is 0. The first-order chi connectivity index (χ1) is 23.2. The van der Waals surface area contributed by atoms with Gasteiger partial charge in [-0.25, -0.2) is 0 Å². The van der Waals surface area contributed by atoms with Crippen LogP contribution in [0.2, 0.25) is 0 Å². The van der Waals surface area contributed by atoms with E-state index in [4.69, 9.17) is 0 Å². The van der Waals surface area contributed by atoms with Gasteiger partial charge in [-0.1, -0.05) is 151 Å². The van der Waals surface area contributed by atoms with Crippen LogP contribution in [0.3, 0.4) is 0 Å². The van der Waals surface area contributed by atoms with Gasteiger partial charge in [-0.05, 0) is 91.5 Å². The van der Waals surface area contributed by atoms with Crippen LogP contribution in [0.1, 0.15) is 11.1 Å². The van der Waals surface area contributed by atoms with E-state index in [9.17, 15) is 0 Å². The molecule has 0 saturated carbocycles. The lowest BCUT2D eigenvalue weighted by molar-refractivity contribution is 1.47. The fourth-order valence-corrected chi connectivity index (χ4v) is 9.27. The molecule has 10 rings (SSSR count). The number of aryl methyl sites for hydroxylation is 2. The highest BCUT2D eigenvalue weighted by Crippen LogP contribution is 2.58. The van der Waals surface area contributed by atoms with Crippen molar-refractivity contribution >= 4 is 53.1 Å². The van der Waals surface area contributed by atoms with E-state index in [-0.39, 0.29) is 0 Å². The zero-order chi connectivity index (χ0) is 31.2. The van der Waals surface area contributed by atoms with E-state index in [1.54, 1.807) is 0 Å². The zero-order valence-corrected chi connectivity index (χ0v) is 27.1. The molecule has 0 bridgehead atoms. The fraction of sp³-hybridized carbons (Fsp3) is 0.0435. The standard InChI is InChI=1S/C46H30S/c1-27-17-21-29(22-18-27)41-34-10-3-4-11-35(34)42(30-23-19-28(2)20-24-30)45-39-26-25-31(33-12-7-15-38(43(33)39)44(41)45)36-13-8-14-37-32-9-5-6-16-40(32)47-46(36)37/h3-26H,1-2H3. The molecule has 0 spiro atoms. The first-order valence-electron chi connectivity index (χ1n) is 16.4. The van der Waals surface area contributed by atoms with Crippen molar-refractivity contribution in [3.63, 3.8) is 0 Å². The third-order valence-electron chi connectivity index (χ3n) is 10.2. The lowest BCUT2D eigenvalue weighted by Crippen LogP contribution is -1.93. The molecular formula is C46H30S. The molecule has 1 aromatic heterocycles. The summed E-state index contributed by atoms with van der Waals surface area (Å²) < 4.78 is 2.70. The van der Waals surface area contributed by atoms with Gasteiger partial charge < -0.3 is 0 Å². The van der Waals surface area contributed by atoms with E-state index < -0.39 is 0 Å². The first-order valence-corrected chi connectivity index (χ1v) is 17.2. The summed E-state index contributed by atoms with van der Waals surface area (Å²) >= 11 is 1.91. The number of thiophene rings is 1. The third-order valence-corrected chi connectivity index (χ3v) is 11.4. The van der Waals surface area contributed by atoms with Crippen molar-refractivity contribution in [2.24, 2.45) is 0 Å². The van der Waals surface area contributed by atoms with Gasteiger partial charge >= 0.3 is 0 Å². The Balaban J connectivity index is 1.35. The zero-order valence-electron chi connectivity index (χ0n) is 26.3. The second-order valence-corrected chi connectivity index (χ2v) is 14.0. The number of hydrogen-bond acceptors (Lipinski definition) is 1. The van der Waals surface area contributed by atoms with Crippen LogP contribution in [-0.4, -0.2) is 0 Å². The van der Waals surface area contributed by atoms with Crippen LogP contribution in [0.4, 0.5) is 0 Å². The summed E-state index contributed by atoms with van der Waals surface area (Å²) in [4.78, 5) is 0. The first kappa shape index (κ1) is 26.7. The summed E-state index contributed by atoms with van der Waals surface area (Å²) in [6.45, 7) is 4.34. The summed E-state index contributed by atoms with van der Waals surface area (Å²) in [5, 5.41) is 7.94. The average Bonchev–Trinajstić information content (AvgIpc) is 3.66. The average molecular weight is 615 g/mol. The highest BCUT2D eigenvalue weighted by Gasteiger charge is 2.31. The van der Waals surface area contributed by atoms with Crippen LogP contribution >= 0.6 is 11.3 Å². The van der Waals surface area contributed by atoms with Gasteiger partial charge in [0, 0.05) is 25.7 Å². The predicted octanol–water partition coefficient (Wildman–Crippen LogP) is 13.6. The highest BCUT2D eigenvalue weighted by atomic mass is 32.1. The Morgan fingerprint density at radius 1 is 0.340 bits per heavy atom. The Kier molecular flexibility index (Phi) is 5.68. The fourth-order valence-electron chi connectivity index (χ4n) is 8.03. The van der Waals surface area contributed by atoms with Gasteiger partial charge in [-0.2, -0.15) is 0 Å². The topological polar surface area (TPSA) is 0 Å². The van der Waals surface area contributed by atoms with E-state index in [2.05, 4.69) is 159 Å². The summed E-state index contributed by atoms with van der Waals surface area (Å²) in [6, 6.07) is 54.6. The Hall–Kier alpha value is -5.50. The van der Waals surface area contributed by atoms with E-state index >= 15 is 0 Å². The SMILES string of the molecule is Cc1ccc(-c2c3c(c(-c4ccc(C)cc4)c4ccccc24)-c2ccc(-c4cccc5c4sc4ccccc45)c4cccc-3c24)cc1. The largest absolute Gasteiger partial charge is 0.135 e. The van der Waals surface area contributed by atoms with Crippen molar-refractivity contribution in [3.05, 3.63) is 157 Å². The van der Waals surface area contributed by atoms with Gasteiger partial charge in [0.1, 0.15) is 0 Å².